The van der Waals surface area contributed by atoms with Crippen LogP contribution >= 0.6 is 7.82 Å². The van der Waals surface area contributed by atoms with Crippen molar-refractivity contribution in [3.05, 3.63) is 12.7 Å². The maximum atomic E-state index is 11.4. The lowest BCUT2D eigenvalue weighted by Crippen LogP contribution is -2.46. The van der Waals surface area contributed by atoms with Crippen LogP contribution in [0.3, 0.4) is 0 Å². The van der Waals surface area contributed by atoms with Crippen LogP contribution in [0.25, 0.3) is 0 Å². The lowest BCUT2D eigenvalue weighted by atomic mass is 10.0. The lowest BCUT2D eigenvalue weighted by Gasteiger charge is -2.24. The fourth-order valence-electron chi connectivity index (χ4n) is 0.909. The molecule has 0 saturated heterocycles. The minimum Gasteiger partial charge on any atom is -0.368 e. The summed E-state index contributed by atoms with van der Waals surface area (Å²) in [5.41, 5.74) is -2.09. The van der Waals surface area contributed by atoms with Gasteiger partial charge in [-0.1, -0.05) is 6.58 Å². The van der Waals surface area contributed by atoms with Gasteiger partial charge < -0.3 is 9.26 Å². The van der Waals surface area contributed by atoms with Gasteiger partial charge in [-0.3, -0.25) is 14.6 Å². The smallest absolute Gasteiger partial charge is 0.368 e. The first-order valence-electron chi connectivity index (χ1n) is 4.27. The van der Waals surface area contributed by atoms with Gasteiger partial charge in [0.15, 0.2) is 5.78 Å². The van der Waals surface area contributed by atoms with Crippen molar-refractivity contribution in [2.45, 2.75) is 19.4 Å². The van der Waals surface area contributed by atoms with Crippen LogP contribution < -0.4 is 0 Å². The predicted octanol–water partition coefficient (Wildman–Crippen LogP) is 0.173. The van der Waals surface area contributed by atoms with Gasteiger partial charge in [0.2, 0.25) is 5.60 Å². The summed E-state index contributed by atoms with van der Waals surface area (Å²) in [5.74, 6) is -2.29. The Morgan fingerprint density at radius 2 is 2.00 bits per heavy atom. The molecule has 0 aromatic rings. The van der Waals surface area contributed by atoms with E-state index in [9.17, 15) is 14.2 Å². The monoisotopic (exact) mass is 252 g/mol. The number of ketones is 1. The van der Waals surface area contributed by atoms with Crippen LogP contribution in [-0.4, -0.2) is 33.7 Å². The zero-order valence-electron chi connectivity index (χ0n) is 8.87. The molecule has 0 aliphatic heterocycles. The Hall–Kier alpha value is -1.01. The summed E-state index contributed by atoms with van der Waals surface area (Å²) in [6.07, 6.45) is 0.816. The van der Waals surface area contributed by atoms with Crippen molar-refractivity contribution >= 4 is 19.6 Å². The SMILES string of the molecule is C=CC(=O)C(C)(OCC)C(=O)OP(=O)(O)O. The number of phosphoric ester groups is 1. The van der Waals surface area contributed by atoms with Gasteiger partial charge in [-0.25, -0.2) is 9.36 Å². The summed E-state index contributed by atoms with van der Waals surface area (Å²) in [4.78, 5) is 39.6. The quantitative estimate of drug-likeness (QED) is 0.394. The minimum absolute atomic E-state index is 0.00760. The van der Waals surface area contributed by atoms with Crippen molar-refractivity contribution in [1.29, 1.82) is 0 Å². The van der Waals surface area contributed by atoms with Crippen molar-refractivity contribution in [3.63, 3.8) is 0 Å². The Labute approximate surface area is 92.3 Å². The third-order valence-electron chi connectivity index (χ3n) is 1.68. The first kappa shape index (κ1) is 15.0. The summed E-state index contributed by atoms with van der Waals surface area (Å²) >= 11 is 0. The number of ether oxygens (including phenoxy) is 1. The first-order chi connectivity index (χ1) is 7.17. The molecule has 0 spiro atoms. The summed E-state index contributed by atoms with van der Waals surface area (Å²) in [7, 11) is -5.01. The average molecular weight is 252 g/mol. The second-order valence-electron chi connectivity index (χ2n) is 2.90. The molecule has 0 bridgehead atoms. The molecule has 92 valence electrons. The number of carbonyl (C=O) groups excluding carboxylic acids is 2. The predicted molar refractivity (Wildman–Crippen MR) is 53.4 cm³/mol. The molecule has 0 amide bonds. The van der Waals surface area contributed by atoms with Crippen LogP contribution in [0.15, 0.2) is 12.7 Å². The van der Waals surface area contributed by atoms with E-state index in [0.717, 1.165) is 13.0 Å². The minimum atomic E-state index is -5.01. The molecule has 16 heavy (non-hydrogen) atoms. The number of hydrogen-bond acceptors (Lipinski definition) is 5. The molecule has 0 saturated carbocycles. The second-order valence-corrected chi connectivity index (χ2v) is 4.07. The fraction of sp³-hybridized carbons (Fsp3) is 0.500. The van der Waals surface area contributed by atoms with Crippen LogP contribution in [0.4, 0.5) is 0 Å². The first-order valence-corrected chi connectivity index (χ1v) is 5.80. The zero-order chi connectivity index (χ0) is 13.0. The van der Waals surface area contributed by atoms with E-state index in [1.54, 1.807) is 0 Å². The number of hydrogen-bond donors (Lipinski definition) is 2. The van der Waals surface area contributed by atoms with Gasteiger partial charge in [0.1, 0.15) is 0 Å². The molecular formula is C8H13O7P. The van der Waals surface area contributed by atoms with E-state index in [0.29, 0.717) is 0 Å². The third kappa shape index (κ3) is 3.86. The molecule has 1 atom stereocenters. The van der Waals surface area contributed by atoms with Crippen molar-refractivity contribution in [3.8, 4) is 0 Å². The van der Waals surface area contributed by atoms with E-state index in [1.807, 2.05) is 0 Å². The standard InChI is InChI=1S/C8H13O7P/c1-4-6(9)8(3,14-5-2)7(10)15-16(11,12)13/h4H,1,5H2,2-3H3,(H2,11,12,13). The largest absolute Gasteiger partial charge is 0.527 e. The van der Waals surface area contributed by atoms with Crippen LogP contribution in [0.1, 0.15) is 13.8 Å². The molecule has 7 nitrogen and oxygen atoms in total. The van der Waals surface area contributed by atoms with E-state index < -0.39 is 25.2 Å². The Morgan fingerprint density at radius 1 is 1.50 bits per heavy atom. The van der Waals surface area contributed by atoms with Gasteiger partial charge in [0, 0.05) is 6.61 Å². The molecule has 0 aliphatic carbocycles. The molecule has 8 heteroatoms. The second kappa shape index (κ2) is 5.36. The normalized spacial score (nSPS) is 15.0. The van der Waals surface area contributed by atoms with Crippen molar-refractivity contribution in [2.75, 3.05) is 6.61 Å². The van der Waals surface area contributed by atoms with E-state index >= 15 is 0 Å². The molecular weight excluding hydrogens is 239 g/mol. The van der Waals surface area contributed by atoms with Crippen molar-refractivity contribution < 1.29 is 33.2 Å². The lowest BCUT2D eigenvalue weighted by molar-refractivity contribution is -0.166. The average Bonchev–Trinajstić information content (AvgIpc) is 2.14. The molecule has 0 aromatic heterocycles. The van der Waals surface area contributed by atoms with Crippen LogP contribution in [0.2, 0.25) is 0 Å². The van der Waals surface area contributed by atoms with Crippen molar-refractivity contribution in [1.82, 2.24) is 0 Å². The summed E-state index contributed by atoms with van der Waals surface area (Å²) in [6.45, 7) is 5.72. The third-order valence-corrected chi connectivity index (χ3v) is 2.08. The summed E-state index contributed by atoms with van der Waals surface area (Å²) < 4.78 is 19.1. The van der Waals surface area contributed by atoms with E-state index in [1.165, 1.54) is 6.92 Å². The van der Waals surface area contributed by atoms with E-state index in [2.05, 4.69) is 11.1 Å². The highest BCUT2D eigenvalue weighted by Gasteiger charge is 2.44. The maximum Gasteiger partial charge on any atom is 0.527 e. The topological polar surface area (TPSA) is 110 Å². The van der Waals surface area contributed by atoms with Gasteiger partial charge in [-0.2, -0.15) is 0 Å². The summed E-state index contributed by atoms with van der Waals surface area (Å²) in [6, 6.07) is 0. The van der Waals surface area contributed by atoms with Gasteiger partial charge in [0.05, 0.1) is 0 Å². The summed E-state index contributed by atoms with van der Waals surface area (Å²) in [5, 5.41) is 0. The Kier molecular flexibility index (Phi) is 5.02. The molecule has 2 N–H and O–H groups in total. The molecule has 0 fully saturated rings. The van der Waals surface area contributed by atoms with Crippen LogP contribution in [0, 0.1) is 0 Å². The maximum absolute atomic E-state index is 11.4. The van der Waals surface area contributed by atoms with Gasteiger partial charge in [-0.15, -0.1) is 0 Å². The van der Waals surface area contributed by atoms with Crippen LogP contribution in [0.5, 0.6) is 0 Å². The number of rotatable bonds is 6. The molecule has 0 rings (SSSR count). The Balaban J connectivity index is 5.05. The van der Waals surface area contributed by atoms with Gasteiger partial charge in [-0.05, 0) is 19.9 Å². The van der Waals surface area contributed by atoms with Crippen molar-refractivity contribution in [2.24, 2.45) is 0 Å². The van der Waals surface area contributed by atoms with Gasteiger partial charge >= 0.3 is 13.8 Å². The highest BCUT2D eigenvalue weighted by atomic mass is 31.2. The highest BCUT2D eigenvalue weighted by molar-refractivity contribution is 7.46. The molecule has 0 aromatic carbocycles. The Bertz CT molecular complexity index is 344. The Morgan fingerprint density at radius 3 is 2.31 bits per heavy atom. The van der Waals surface area contributed by atoms with Crippen LogP contribution in [-0.2, 0) is 23.4 Å². The zero-order valence-corrected chi connectivity index (χ0v) is 9.77. The number of phosphoric acid groups is 1. The molecule has 1 unspecified atom stereocenters. The number of carbonyl (C=O) groups is 2. The van der Waals surface area contributed by atoms with Gasteiger partial charge in [0.25, 0.3) is 0 Å². The van der Waals surface area contributed by atoms with E-state index in [4.69, 9.17) is 14.5 Å². The molecule has 0 aliphatic rings. The molecule has 0 radical (unpaired) electrons. The fourth-order valence-corrected chi connectivity index (χ4v) is 1.30. The highest BCUT2D eigenvalue weighted by Crippen LogP contribution is 2.38. The van der Waals surface area contributed by atoms with E-state index in [-0.39, 0.29) is 6.61 Å². The molecule has 0 heterocycles.